The Labute approximate surface area is 118 Å². The highest BCUT2D eigenvalue weighted by Gasteiger charge is 2.26. The predicted molar refractivity (Wildman–Crippen MR) is 75.0 cm³/mol. The maximum atomic E-state index is 13.4. The summed E-state index contributed by atoms with van der Waals surface area (Å²) in [5, 5.41) is 2.89. The third-order valence-corrected chi connectivity index (χ3v) is 4.37. The van der Waals surface area contributed by atoms with Gasteiger partial charge in [-0.05, 0) is 49.3 Å². The molecule has 0 bridgehead atoms. The molecule has 0 spiro atoms. The van der Waals surface area contributed by atoms with Gasteiger partial charge in [0.25, 0.3) is 5.91 Å². The second kappa shape index (κ2) is 6.38. The SMILES string of the molecule is Cc1ccc(C(=O)NCC2CCCC2CCl)cc1F. The average molecular weight is 284 g/mol. The zero-order chi connectivity index (χ0) is 13.8. The lowest BCUT2D eigenvalue weighted by atomic mass is 9.98. The van der Waals surface area contributed by atoms with E-state index in [1.807, 2.05) is 0 Å². The van der Waals surface area contributed by atoms with Gasteiger partial charge in [-0.2, -0.15) is 0 Å². The zero-order valence-electron chi connectivity index (χ0n) is 11.1. The number of hydrogen-bond donors (Lipinski definition) is 1. The Hall–Kier alpha value is -1.09. The van der Waals surface area contributed by atoms with Gasteiger partial charge in [-0.15, -0.1) is 11.6 Å². The minimum absolute atomic E-state index is 0.209. The number of nitrogens with one attached hydrogen (secondary N) is 1. The van der Waals surface area contributed by atoms with Gasteiger partial charge in [-0.25, -0.2) is 4.39 Å². The highest BCUT2D eigenvalue weighted by molar-refractivity contribution is 6.18. The molecule has 1 amide bonds. The van der Waals surface area contributed by atoms with E-state index in [2.05, 4.69) is 5.32 Å². The summed E-state index contributed by atoms with van der Waals surface area (Å²) in [7, 11) is 0. The van der Waals surface area contributed by atoms with Gasteiger partial charge in [0.05, 0.1) is 0 Å². The van der Waals surface area contributed by atoms with Crippen LogP contribution in [0.3, 0.4) is 0 Å². The molecule has 0 aliphatic heterocycles. The molecule has 1 N–H and O–H groups in total. The van der Waals surface area contributed by atoms with Crippen molar-refractivity contribution in [3.8, 4) is 0 Å². The number of halogens is 2. The van der Waals surface area contributed by atoms with Crippen molar-refractivity contribution >= 4 is 17.5 Å². The fourth-order valence-electron chi connectivity index (χ4n) is 2.65. The topological polar surface area (TPSA) is 29.1 Å². The molecule has 104 valence electrons. The highest BCUT2D eigenvalue weighted by atomic mass is 35.5. The quantitative estimate of drug-likeness (QED) is 0.842. The molecule has 2 nitrogen and oxygen atoms in total. The molecule has 0 heterocycles. The fourth-order valence-corrected chi connectivity index (χ4v) is 3.05. The Bertz CT molecular complexity index is 463. The number of rotatable bonds is 4. The lowest BCUT2D eigenvalue weighted by molar-refractivity contribution is 0.0944. The number of hydrogen-bond acceptors (Lipinski definition) is 1. The van der Waals surface area contributed by atoms with E-state index in [4.69, 9.17) is 11.6 Å². The summed E-state index contributed by atoms with van der Waals surface area (Å²) in [6.45, 7) is 2.31. The largest absolute Gasteiger partial charge is 0.352 e. The number of benzene rings is 1. The summed E-state index contributed by atoms with van der Waals surface area (Å²) in [5.41, 5.74) is 0.929. The van der Waals surface area contributed by atoms with Crippen LogP contribution in [0.15, 0.2) is 18.2 Å². The van der Waals surface area contributed by atoms with Gasteiger partial charge in [0.2, 0.25) is 0 Å². The Morgan fingerprint density at radius 2 is 2.16 bits per heavy atom. The van der Waals surface area contributed by atoms with Crippen molar-refractivity contribution in [3.05, 3.63) is 35.1 Å². The third kappa shape index (κ3) is 3.47. The number of amides is 1. The minimum Gasteiger partial charge on any atom is -0.352 e. The molecular weight excluding hydrogens is 265 g/mol. The van der Waals surface area contributed by atoms with E-state index < -0.39 is 0 Å². The Balaban J connectivity index is 1.92. The van der Waals surface area contributed by atoms with E-state index in [0.29, 0.717) is 35.4 Å². The Kier molecular flexibility index (Phi) is 4.81. The Morgan fingerprint density at radius 3 is 2.84 bits per heavy atom. The van der Waals surface area contributed by atoms with Crippen molar-refractivity contribution in [2.75, 3.05) is 12.4 Å². The van der Waals surface area contributed by atoms with Crippen LogP contribution in [-0.2, 0) is 0 Å². The minimum atomic E-state index is -0.341. The number of carbonyl (C=O) groups excluding carboxylic acids is 1. The standard InChI is InChI=1S/C15H19ClFNO/c1-10-5-6-11(7-14(10)17)15(19)18-9-13-4-2-3-12(13)8-16/h5-7,12-13H,2-4,8-9H2,1H3,(H,18,19). The number of alkyl halides is 1. The molecule has 0 aromatic heterocycles. The summed E-state index contributed by atoms with van der Waals surface area (Å²) in [6.07, 6.45) is 3.43. The van der Waals surface area contributed by atoms with Crippen LogP contribution < -0.4 is 5.32 Å². The molecule has 4 heteroatoms. The summed E-state index contributed by atoms with van der Waals surface area (Å²) < 4.78 is 13.4. The van der Waals surface area contributed by atoms with Crippen molar-refractivity contribution < 1.29 is 9.18 Å². The van der Waals surface area contributed by atoms with Gasteiger partial charge in [0.15, 0.2) is 0 Å². The van der Waals surface area contributed by atoms with Gasteiger partial charge < -0.3 is 5.32 Å². The van der Waals surface area contributed by atoms with Crippen molar-refractivity contribution in [1.82, 2.24) is 5.32 Å². The molecule has 0 radical (unpaired) electrons. The van der Waals surface area contributed by atoms with E-state index in [0.717, 1.165) is 12.8 Å². The Morgan fingerprint density at radius 1 is 1.42 bits per heavy atom. The second-order valence-electron chi connectivity index (χ2n) is 5.28. The molecule has 1 aromatic rings. The molecule has 1 fully saturated rings. The lowest BCUT2D eigenvalue weighted by Crippen LogP contribution is -2.31. The van der Waals surface area contributed by atoms with Crippen LogP contribution in [0.25, 0.3) is 0 Å². The predicted octanol–water partition coefficient (Wildman–Crippen LogP) is 3.52. The van der Waals surface area contributed by atoms with Crippen LogP contribution in [0.1, 0.15) is 35.2 Å². The molecule has 1 saturated carbocycles. The number of aryl methyl sites for hydroxylation is 1. The van der Waals surface area contributed by atoms with Gasteiger partial charge in [0, 0.05) is 18.0 Å². The maximum Gasteiger partial charge on any atom is 0.251 e. The molecule has 1 aliphatic rings. The molecule has 1 aliphatic carbocycles. The highest BCUT2D eigenvalue weighted by Crippen LogP contribution is 2.31. The van der Waals surface area contributed by atoms with E-state index >= 15 is 0 Å². The molecule has 1 aromatic carbocycles. The summed E-state index contributed by atoms with van der Waals surface area (Å²) >= 11 is 5.91. The molecule has 0 saturated heterocycles. The van der Waals surface area contributed by atoms with Gasteiger partial charge in [0.1, 0.15) is 5.82 Å². The first kappa shape index (κ1) is 14.3. The van der Waals surface area contributed by atoms with Crippen molar-refractivity contribution in [1.29, 1.82) is 0 Å². The van der Waals surface area contributed by atoms with Crippen molar-refractivity contribution in [2.45, 2.75) is 26.2 Å². The molecule has 2 atom stereocenters. The summed E-state index contributed by atoms with van der Waals surface area (Å²) in [5.74, 6) is 1.06. The molecule has 2 rings (SSSR count). The van der Waals surface area contributed by atoms with Crippen molar-refractivity contribution in [2.24, 2.45) is 11.8 Å². The second-order valence-corrected chi connectivity index (χ2v) is 5.59. The van der Waals surface area contributed by atoms with E-state index in [1.165, 1.54) is 12.5 Å². The number of carbonyl (C=O) groups is 1. The van der Waals surface area contributed by atoms with Gasteiger partial charge >= 0.3 is 0 Å². The van der Waals surface area contributed by atoms with Crippen LogP contribution in [0.4, 0.5) is 4.39 Å². The monoisotopic (exact) mass is 283 g/mol. The first-order chi connectivity index (χ1) is 9.11. The lowest BCUT2D eigenvalue weighted by Gasteiger charge is -2.17. The fraction of sp³-hybridized carbons (Fsp3) is 0.533. The third-order valence-electron chi connectivity index (χ3n) is 3.97. The summed E-state index contributed by atoms with van der Waals surface area (Å²) in [6, 6.07) is 4.57. The summed E-state index contributed by atoms with van der Waals surface area (Å²) in [4.78, 5) is 11.9. The van der Waals surface area contributed by atoms with Crippen molar-refractivity contribution in [3.63, 3.8) is 0 Å². The van der Waals surface area contributed by atoms with Gasteiger partial charge in [-0.3, -0.25) is 4.79 Å². The van der Waals surface area contributed by atoms with Crippen LogP contribution in [0.5, 0.6) is 0 Å². The maximum absolute atomic E-state index is 13.4. The van der Waals surface area contributed by atoms with E-state index in [9.17, 15) is 9.18 Å². The van der Waals surface area contributed by atoms with E-state index in [1.54, 1.807) is 19.1 Å². The normalized spacial score (nSPS) is 22.5. The van der Waals surface area contributed by atoms with Crippen LogP contribution in [0.2, 0.25) is 0 Å². The first-order valence-corrected chi connectivity index (χ1v) is 7.25. The van der Waals surface area contributed by atoms with Crippen LogP contribution in [0, 0.1) is 24.6 Å². The average Bonchev–Trinajstić information content (AvgIpc) is 2.86. The van der Waals surface area contributed by atoms with Crippen LogP contribution in [-0.4, -0.2) is 18.3 Å². The van der Waals surface area contributed by atoms with Crippen LogP contribution >= 0.6 is 11.6 Å². The molecule has 19 heavy (non-hydrogen) atoms. The van der Waals surface area contributed by atoms with E-state index in [-0.39, 0.29) is 11.7 Å². The molecular formula is C15H19ClFNO. The smallest absolute Gasteiger partial charge is 0.251 e. The molecule has 2 unspecified atom stereocenters. The zero-order valence-corrected chi connectivity index (χ0v) is 11.8. The van der Waals surface area contributed by atoms with Gasteiger partial charge in [-0.1, -0.05) is 12.5 Å². The first-order valence-electron chi connectivity index (χ1n) is 6.72.